The smallest absolute Gasteiger partial charge is 0.462 e. The Hall–Kier alpha value is -3.62. The van der Waals surface area contributed by atoms with E-state index in [0.717, 1.165) is 28.8 Å². The zero-order valence-corrected chi connectivity index (χ0v) is 19.5. The van der Waals surface area contributed by atoms with Gasteiger partial charge >= 0.3 is 18.4 Å². The topological polar surface area (TPSA) is 108 Å². The number of pyridine rings is 1. The van der Waals surface area contributed by atoms with Crippen molar-refractivity contribution < 1.29 is 49.4 Å². The first-order chi connectivity index (χ1) is 16.8. The van der Waals surface area contributed by atoms with Crippen LogP contribution in [0.2, 0.25) is 0 Å². The van der Waals surface area contributed by atoms with Crippen LogP contribution in [0.3, 0.4) is 0 Å². The van der Waals surface area contributed by atoms with Crippen LogP contribution >= 0.6 is 0 Å². The van der Waals surface area contributed by atoms with E-state index in [1.807, 2.05) is 0 Å². The van der Waals surface area contributed by atoms with Gasteiger partial charge in [-0.15, -0.1) is 13.9 Å². The Morgan fingerprint density at radius 3 is 2.44 bits per heavy atom. The van der Waals surface area contributed by atoms with Crippen LogP contribution in [0, 0.1) is 0 Å². The highest BCUT2D eigenvalue weighted by Crippen LogP contribution is 2.43. The lowest BCUT2D eigenvalue weighted by molar-refractivity contribution is -0.286. The molecule has 0 bridgehead atoms. The molecule has 3 heterocycles. The number of nitrogens with zero attached hydrogens (tertiary/aromatic N) is 2. The molecular formula is C21H18F5N3O6S. The number of carbonyl (C=O) groups is 1. The summed E-state index contributed by atoms with van der Waals surface area (Å²) in [6, 6.07) is 3.79. The summed E-state index contributed by atoms with van der Waals surface area (Å²) in [6.45, 7) is 2.51. The van der Waals surface area contributed by atoms with Crippen molar-refractivity contribution in [3.05, 3.63) is 47.2 Å². The SMILES string of the molecule is CCOC(=O)c1cc2c(cc1CNc1nn3cc(C(F)(F)F)ccc3c1S(=O)(=O)CC)OC(F)(F)O2. The molecule has 9 nitrogen and oxygen atoms in total. The quantitative estimate of drug-likeness (QED) is 0.353. The standard InChI is InChI=1S/C21H18F5N3O6S/c1-3-33-19(30)13-8-16-15(34-21(25,26)35-16)7-11(13)9-27-18-17(36(31,32)4-2)14-6-5-12(20(22,23)24)10-29(14)28-18/h5-8,10H,3-4,9H2,1-2H3,(H,27,28). The maximum absolute atomic E-state index is 13.5. The molecule has 0 saturated heterocycles. The van der Waals surface area contributed by atoms with Crippen molar-refractivity contribution in [2.75, 3.05) is 17.7 Å². The molecule has 36 heavy (non-hydrogen) atoms. The van der Waals surface area contributed by atoms with Crippen LogP contribution in [0.1, 0.15) is 35.3 Å². The van der Waals surface area contributed by atoms with E-state index in [-0.39, 0.29) is 52.0 Å². The summed E-state index contributed by atoms with van der Waals surface area (Å²) < 4.78 is 107. The molecule has 3 aromatic rings. The van der Waals surface area contributed by atoms with Gasteiger partial charge in [0.25, 0.3) is 0 Å². The molecule has 4 rings (SSSR count). The lowest BCUT2D eigenvalue weighted by Gasteiger charge is -2.12. The van der Waals surface area contributed by atoms with Crippen molar-refractivity contribution in [3.63, 3.8) is 0 Å². The minimum absolute atomic E-state index is 0.0246. The lowest BCUT2D eigenvalue weighted by Crippen LogP contribution is -2.25. The molecule has 0 fully saturated rings. The maximum atomic E-state index is 13.5. The first kappa shape index (κ1) is 25.5. The van der Waals surface area contributed by atoms with E-state index in [2.05, 4.69) is 19.9 Å². The molecule has 1 aliphatic rings. The number of nitrogens with one attached hydrogen (secondary N) is 1. The van der Waals surface area contributed by atoms with E-state index < -0.39 is 39.6 Å². The Bertz CT molecular complexity index is 1450. The largest absolute Gasteiger partial charge is 0.586 e. The summed E-state index contributed by atoms with van der Waals surface area (Å²) in [6.07, 6.45) is -8.01. The first-order valence-electron chi connectivity index (χ1n) is 10.4. The Balaban J connectivity index is 1.77. The molecule has 0 amide bonds. The highest BCUT2D eigenvalue weighted by molar-refractivity contribution is 7.91. The summed E-state index contributed by atoms with van der Waals surface area (Å²) in [5.74, 6) is -2.34. The van der Waals surface area contributed by atoms with Gasteiger partial charge in [0.2, 0.25) is 0 Å². The predicted octanol–water partition coefficient (Wildman–Crippen LogP) is 4.26. The molecular weight excluding hydrogens is 517 g/mol. The summed E-state index contributed by atoms with van der Waals surface area (Å²) in [4.78, 5) is 12.1. The molecule has 1 N–H and O–H groups in total. The van der Waals surface area contributed by atoms with Gasteiger partial charge < -0.3 is 19.5 Å². The Labute approximate surface area is 200 Å². The summed E-state index contributed by atoms with van der Waals surface area (Å²) >= 11 is 0. The van der Waals surface area contributed by atoms with Gasteiger partial charge in [-0.3, -0.25) is 0 Å². The number of hydrogen-bond donors (Lipinski definition) is 1. The summed E-state index contributed by atoms with van der Waals surface area (Å²) in [5, 5.41) is 6.64. The molecule has 1 aromatic carbocycles. The molecule has 0 saturated carbocycles. The second-order valence-electron chi connectivity index (χ2n) is 7.52. The Kier molecular flexibility index (Phi) is 6.22. The maximum Gasteiger partial charge on any atom is 0.586 e. The fourth-order valence-corrected chi connectivity index (χ4v) is 4.70. The molecule has 0 atom stereocenters. The number of alkyl halides is 5. The lowest BCUT2D eigenvalue weighted by atomic mass is 10.1. The van der Waals surface area contributed by atoms with Crippen molar-refractivity contribution in [3.8, 4) is 11.5 Å². The Morgan fingerprint density at radius 2 is 1.83 bits per heavy atom. The molecule has 0 spiro atoms. The van der Waals surface area contributed by atoms with E-state index in [4.69, 9.17) is 4.74 Å². The van der Waals surface area contributed by atoms with Crippen molar-refractivity contribution in [2.45, 2.75) is 37.8 Å². The number of anilines is 1. The number of aromatic nitrogens is 2. The summed E-state index contributed by atoms with van der Waals surface area (Å²) in [5.41, 5.74) is -1.28. The molecule has 2 aromatic heterocycles. The van der Waals surface area contributed by atoms with Gasteiger partial charge in [-0.25, -0.2) is 17.7 Å². The monoisotopic (exact) mass is 535 g/mol. The van der Waals surface area contributed by atoms with E-state index in [9.17, 15) is 35.2 Å². The third kappa shape index (κ3) is 4.74. The van der Waals surface area contributed by atoms with Gasteiger partial charge in [-0.05, 0) is 36.8 Å². The minimum atomic E-state index is -4.69. The minimum Gasteiger partial charge on any atom is -0.462 e. The van der Waals surface area contributed by atoms with E-state index in [0.29, 0.717) is 6.20 Å². The number of carbonyl (C=O) groups excluding carboxylic acids is 1. The average molecular weight is 535 g/mol. The number of halogens is 5. The average Bonchev–Trinajstić information content (AvgIpc) is 3.31. The normalized spacial score (nSPS) is 14.8. The third-order valence-electron chi connectivity index (χ3n) is 5.17. The molecule has 0 unspecified atom stereocenters. The molecule has 1 aliphatic heterocycles. The van der Waals surface area contributed by atoms with Gasteiger partial charge in [0.05, 0.1) is 29.0 Å². The second kappa shape index (κ2) is 8.80. The van der Waals surface area contributed by atoms with E-state index in [1.165, 1.54) is 13.8 Å². The number of ether oxygens (including phenoxy) is 3. The van der Waals surface area contributed by atoms with Crippen molar-refractivity contribution in [1.29, 1.82) is 0 Å². The third-order valence-corrected chi connectivity index (χ3v) is 6.96. The number of hydrogen-bond acceptors (Lipinski definition) is 8. The fourth-order valence-electron chi connectivity index (χ4n) is 3.52. The van der Waals surface area contributed by atoms with Gasteiger partial charge in [-0.1, -0.05) is 6.92 Å². The van der Waals surface area contributed by atoms with Crippen molar-refractivity contribution >= 4 is 27.1 Å². The number of esters is 1. The van der Waals surface area contributed by atoms with Crippen LogP contribution in [-0.2, 0) is 27.3 Å². The van der Waals surface area contributed by atoms with Crippen LogP contribution in [0.25, 0.3) is 5.52 Å². The molecule has 0 aliphatic carbocycles. The molecule has 15 heteroatoms. The van der Waals surface area contributed by atoms with Crippen molar-refractivity contribution in [1.82, 2.24) is 9.61 Å². The number of sulfone groups is 1. The highest BCUT2D eigenvalue weighted by Gasteiger charge is 2.44. The van der Waals surface area contributed by atoms with Crippen molar-refractivity contribution in [2.24, 2.45) is 0 Å². The van der Waals surface area contributed by atoms with E-state index in [1.54, 1.807) is 0 Å². The highest BCUT2D eigenvalue weighted by atomic mass is 32.2. The second-order valence-corrected chi connectivity index (χ2v) is 9.74. The fraction of sp³-hybridized carbons (Fsp3) is 0.333. The van der Waals surface area contributed by atoms with Gasteiger partial charge in [-0.2, -0.15) is 13.2 Å². The number of fused-ring (bicyclic) bond motifs is 2. The summed E-state index contributed by atoms with van der Waals surface area (Å²) in [7, 11) is -3.99. The predicted molar refractivity (Wildman–Crippen MR) is 114 cm³/mol. The zero-order valence-electron chi connectivity index (χ0n) is 18.7. The number of rotatable bonds is 7. The molecule has 194 valence electrons. The van der Waals surface area contributed by atoms with Crippen LogP contribution in [0.5, 0.6) is 11.5 Å². The van der Waals surface area contributed by atoms with Crippen LogP contribution in [0.4, 0.5) is 27.8 Å². The zero-order chi connectivity index (χ0) is 26.5. The van der Waals surface area contributed by atoms with Gasteiger partial charge in [0.15, 0.2) is 27.2 Å². The number of benzene rings is 1. The van der Waals surface area contributed by atoms with E-state index >= 15 is 0 Å². The van der Waals surface area contributed by atoms with Gasteiger partial charge in [0, 0.05) is 12.7 Å². The molecule has 0 radical (unpaired) electrons. The first-order valence-corrected chi connectivity index (χ1v) is 12.1. The van der Waals surface area contributed by atoms with Crippen LogP contribution in [-0.4, -0.2) is 42.7 Å². The van der Waals surface area contributed by atoms with Crippen LogP contribution < -0.4 is 14.8 Å². The Morgan fingerprint density at radius 1 is 1.17 bits per heavy atom. The van der Waals surface area contributed by atoms with Crippen LogP contribution in [0.15, 0.2) is 35.4 Å². The van der Waals surface area contributed by atoms with Gasteiger partial charge in [0.1, 0.15) is 4.90 Å².